The van der Waals surface area contributed by atoms with Crippen molar-refractivity contribution in [2.24, 2.45) is 5.73 Å². The fourth-order valence-corrected chi connectivity index (χ4v) is 0.977. The summed E-state index contributed by atoms with van der Waals surface area (Å²) < 4.78 is 16.0. The number of nitrogens with two attached hydrogens (primary N) is 1. The topological polar surface area (TPSA) is 53.7 Å². The van der Waals surface area contributed by atoms with Crippen LogP contribution in [0.15, 0.2) is 0 Å². The summed E-state index contributed by atoms with van der Waals surface area (Å²) in [5, 5.41) is 0. The molecule has 0 spiro atoms. The molecule has 0 amide bonds. The van der Waals surface area contributed by atoms with Gasteiger partial charge in [-0.1, -0.05) is 0 Å². The van der Waals surface area contributed by atoms with E-state index in [-0.39, 0.29) is 12.2 Å². The first-order valence-electron chi connectivity index (χ1n) is 5.21. The third kappa shape index (κ3) is 8.44. The van der Waals surface area contributed by atoms with E-state index in [0.29, 0.717) is 33.0 Å². The minimum Gasteiger partial charge on any atom is -0.376 e. The average Bonchev–Trinajstić information content (AvgIpc) is 2.15. The molecule has 0 fully saturated rings. The number of ether oxygens (including phenoxy) is 3. The Labute approximate surface area is 86.7 Å². The van der Waals surface area contributed by atoms with E-state index < -0.39 is 0 Å². The Hall–Kier alpha value is -0.160. The van der Waals surface area contributed by atoms with Gasteiger partial charge in [0.1, 0.15) is 0 Å². The van der Waals surface area contributed by atoms with Crippen LogP contribution in [0.4, 0.5) is 0 Å². The minimum atomic E-state index is 0.0130. The van der Waals surface area contributed by atoms with E-state index in [1.54, 1.807) is 0 Å². The number of hydrogen-bond acceptors (Lipinski definition) is 4. The van der Waals surface area contributed by atoms with Crippen LogP contribution in [0.3, 0.4) is 0 Å². The van der Waals surface area contributed by atoms with Crippen molar-refractivity contribution in [2.45, 2.75) is 33.0 Å². The third-order valence-electron chi connectivity index (χ3n) is 1.65. The molecule has 0 heterocycles. The van der Waals surface area contributed by atoms with Crippen LogP contribution in [0.1, 0.15) is 20.8 Å². The highest BCUT2D eigenvalue weighted by Gasteiger charge is 2.05. The standard InChI is InChI=1S/C10H23NO3/c1-4-13-10(7-11)8-12-5-6-14-9(2)3/h9-10H,4-8,11H2,1-3H3. The lowest BCUT2D eigenvalue weighted by atomic mass is 10.4. The Morgan fingerprint density at radius 2 is 1.86 bits per heavy atom. The quantitative estimate of drug-likeness (QED) is 0.565. The van der Waals surface area contributed by atoms with Gasteiger partial charge in [-0.15, -0.1) is 0 Å². The summed E-state index contributed by atoms with van der Waals surface area (Å²) in [6.45, 7) is 8.90. The largest absolute Gasteiger partial charge is 0.376 e. The van der Waals surface area contributed by atoms with Gasteiger partial charge in [0.2, 0.25) is 0 Å². The molecular formula is C10H23NO3. The van der Waals surface area contributed by atoms with Crippen LogP contribution in [0.2, 0.25) is 0 Å². The van der Waals surface area contributed by atoms with Gasteiger partial charge in [0.25, 0.3) is 0 Å². The van der Waals surface area contributed by atoms with E-state index in [9.17, 15) is 0 Å². The van der Waals surface area contributed by atoms with Crippen LogP contribution in [0.5, 0.6) is 0 Å². The van der Waals surface area contributed by atoms with Gasteiger partial charge in [0, 0.05) is 13.2 Å². The molecule has 0 saturated carbocycles. The highest BCUT2D eigenvalue weighted by atomic mass is 16.5. The minimum absolute atomic E-state index is 0.0130. The number of rotatable bonds is 9. The molecule has 0 aliphatic rings. The zero-order chi connectivity index (χ0) is 10.8. The van der Waals surface area contributed by atoms with Gasteiger partial charge in [0.15, 0.2) is 0 Å². The van der Waals surface area contributed by atoms with Crippen LogP contribution in [-0.4, -0.2) is 45.2 Å². The summed E-state index contributed by atoms with van der Waals surface area (Å²) in [5.41, 5.74) is 5.49. The molecule has 86 valence electrons. The summed E-state index contributed by atoms with van der Waals surface area (Å²) >= 11 is 0. The van der Waals surface area contributed by atoms with Crippen LogP contribution in [0.25, 0.3) is 0 Å². The molecular weight excluding hydrogens is 182 g/mol. The zero-order valence-electron chi connectivity index (χ0n) is 9.49. The van der Waals surface area contributed by atoms with Crippen molar-refractivity contribution in [2.75, 3.05) is 33.0 Å². The van der Waals surface area contributed by atoms with Crippen LogP contribution in [-0.2, 0) is 14.2 Å². The molecule has 14 heavy (non-hydrogen) atoms. The molecule has 1 unspecified atom stereocenters. The van der Waals surface area contributed by atoms with Gasteiger partial charge in [0.05, 0.1) is 32.0 Å². The molecule has 0 bridgehead atoms. The Bertz CT molecular complexity index is 120. The predicted octanol–water partition coefficient (Wildman–Crippen LogP) is 0.792. The Kier molecular flexibility index (Phi) is 9.29. The molecule has 0 saturated heterocycles. The first-order valence-corrected chi connectivity index (χ1v) is 5.21. The Morgan fingerprint density at radius 1 is 1.14 bits per heavy atom. The smallest absolute Gasteiger partial charge is 0.0930 e. The molecule has 0 aromatic rings. The SMILES string of the molecule is CCOC(CN)COCCOC(C)C. The molecule has 0 aliphatic heterocycles. The summed E-state index contributed by atoms with van der Waals surface area (Å²) in [6, 6.07) is 0. The van der Waals surface area contributed by atoms with Gasteiger partial charge in [-0.3, -0.25) is 0 Å². The van der Waals surface area contributed by atoms with E-state index in [4.69, 9.17) is 19.9 Å². The summed E-state index contributed by atoms with van der Waals surface area (Å²) in [7, 11) is 0. The Morgan fingerprint density at radius 3 is 2.36 bits per heavy atom. The van der Waals surface area contributed by atoms with E-state index in [2.05, 4.69) is 0 Å². The monoisotopic (exact) mass is 205 g/mol. The van der Waals surface area contributed by atoms with Gasteiger partial charge < -0.3 is 19.9 Å². The average molecular weight is 205 g/mol. The van der Waals surface area contributed by atoms with E-state index >= 15 is 0 Å². The predicted molar refractivity (Wildman–Crippen MR) is 56.4 cm³/mol. The molecule has 0 aromatic heterocycles. The van der Waals surface area contributed by atoms with Crippen LogP contribution >= 0.6 is 0 Å². The first-order chi connectivity index (χ1) is 6.70. The van der Waals surface area contributed by atoms with Crippen LogP contribution in [0, 0.1) is 0 Å². The van der Waals surface area contributed by atoms with Crippen molar-refractivity contribution in [3.8, 4) is 0 Å². The van der Waals surface area contributed by atoms with E-state index in [0.717, 1.165) is 0 Å². The lowest BCUT2D eigenvalue weighted by Crippen LogP contribution is -2.29. The lowest BCUT2D eigenvalue weighted by Gasteiger charge is -2.15. The number of hydrogen-bond donors (Lipinski definition) is 1. The Balaban J connectivity index is 3.24. The maximum absolute atomic E-state index is 5.49. The summed E-state index contributed by atoms with van der Waals surface area (Å²) in [4.78, 5) is 0. The van der Waals surface area contributed by atoms with Gasteiger partial charge in [-0.25, -0.2) is 0 Å². The first kappa shape index (κ1) is 13.8. The summed E-state index contributed by atoms with van der Waals surface area (Å²) in [5.74, 6) is 0. The van der Waals surface area contributed by atoms with Crippen LogP contribution < -0.4 is 5.73 Å². The summed E-state index contributed by atoms with van der Waals surface area (Å²) in [6.07, 6.45) is 0.273. The van der Waals surface area contributed by atoms with Gasteiger partial charge in [-0.05, 0) is 20.8 Å². The van der Waals surface area contributed by atoms with E-state index in [1.165, 1.54) is 0 Å². The molecule has 0 rings (SSSR count). The maximum atomic E-state index is 5.49. The van der Waals surface area contributed by atoms with E-state index in [1.807, 2.05) is 20.8 Å². The highest BCUT2D eigenvalue weighted by molar-refractivity contribution is 4.56. The molecule has 0 radical (unpaired) electrons. The van der Waals surface area contributed by atoms with Crippen molar-refractivity contribution in [3.63, 3.8) is 0 Å². The molecule has 0 aliphatic carbocycles. The fraction of sp³-hybridized carbons (Fsp3) is 1.00. The van der Waals surface area contributed by atoms with Crippen molar-refractivity contribution < 1.29 is 14.2 Å². The third-order valence-corrected chi connectivity index (χ3v) is 1.65. The molecule has 4 heteroatoms. The molecule has 0 aromatic carbocycles. The van der Waals surface area contributed by atoms with Crippen molar-refractivity contribution >= 4 is 0 Å². The highest BCUT2D eigenvalue weighted by Crippen LogP contribution is 1.92. The second kappa shape index (κ2) is 9.40. The van der Waals surface area contributed by atoms with Crippen molar-refractivity contribution in [3.05, 3.63) is 0 Å². The van der Waals surface area contributed by atoms with Gasteiger partial charge in [-0.2, -0.15) is 0 Å². The zero-order valence-corrected chi connectivity index (χ0v) is 9.49. The molecule has 2 N–H and O–H groups in total. The molecule has 4 nitrogen and oxygen atoms in total. The molecule has 1 atom stereocenters. The second-order valence-corrected chi connectivity index (χ2v) is 3.31. The van der Waals surface area contributed by atoms with Crippen molar-refractivity contribution in [1.82, 2.24) is 0 Å². The second-order valence-electron chi connectivity index (χ2n) is 3.31. The maximum Gasteiger partial charge on any atom is 0.0930 e. The fourth-order valence-electron chi connectivity index (χ4n) is 0.977. The lowest BCUT2D eigenvalue weighted by molar-refractivity contribution is -0.0313. The van der Waals surface area contributed by atoms with Gasteiger partial charge >= 0.3 is 0 Å². The normalized spacial score (nSPS) is 13.5. The van der Waals surface area contributed by atoms with Crippen molar-refractivity contribution in [1.29, 1.82) is 0 Å².